The topological polar surface area (TPSA) is 47.0 Å². The van der Waals surface area contributed by atoms with Crippen LogP contribution < -0.4 is 5.32 Å². The van der Waals surface area contributed by atoms with E-state index in [9.17, 15) is 0 Å². The lowest BCUT2D eigenvalue weighted by molar-refractivity contribution is -0.0762. The fourth-order valence-electron chi connectivity index (χ4n) is 3.21. The summed E-state index contributed by atoms with van der Waals surface area (Å²) in [5.41, 5.74) is 2.21. The predicted molar refractivity (Wildman–Crippen MR) is 73.9 cm³/mol. The van der Waals surface area contributed by atoms with E-state index >= 15 is 0 Å². The second-order valence-electron chi connectivity index (χ2n) is 5.87. The standard InChI is InChI=1S/C15H23N3O/c1-15(8-3-4-9-19-15)14-17-10-11-12(16-2)6-5-7-13(11)18-14/h10,12,16H,3-9H2,1-2H3. The van der Waals surface area contributed by atoms with Crippen LogP contribution in [-0.4, -0.2) is 23.6 Å². The minimum absolute atomic E-state index is 0.278. The number of nitrogens with zero attached hydrogens (tertiary/aromatic N) is 2. The van der Waals surface area contributed by atoms with Crippen LogP contribution in [0.2, 0.25) is 0 Å². The number of hydrogen-bond donors (Lipinski definition) is 1. The minimum atomic E-state index is -0.278. The van der Waals surface area contributed by atoms with Crippen molar-refractivity contribution in [1.29, 1.82) is 0 Å². The molecule has 2 unspecified atom stereocenters. The number of aromatic nitrogens is 2. The maximum Gasteiger partial charge on any atom is 0.160 e. The number of ether oxygens (including phenoxy) is 1. The van der Waals surface area contributed by atoms with Gasteiger partial charge in [-0.2, -0.15) is 0 Å². The second-order valence-corrected chi connectivity index (χ2v) is 5.87. The third kappa shape index (κ3) is 2.39. The van der Waals surface area contributed by atoms with Crippen LogP contribution in [0.15, 0.2) is 6.20 Å². The molecular weight excluding hydrogens is 238 g/mol. The fourth-order valence-corrected chi connectivity index (χ4v) is 3.21. The Bertz CT molecular complexity index is 455. The summed E-state index contributed by atoms with van der Waals surface area (Å²) in [6, 6.07) is 0.415. The fraction of sp³-hybridized carbons (Fsp3) is 0.733. The van der Waals surface area contributed by atoms with Gasteiger partial charge in [-0.3, -0.25) is 0 Å². The highest BCUT2D eigenvalue weighted by Gasteiger charge is 2.34. The number of rotatable bonds is 2. The summed E-state index contributed by atoms with van der Waals surface area (Å²) in [6.45, 7) is 2.96. The van der Waals surface area contributed by atoms with Gasteiger partial charge in [0.15, 0.2) is 5.82 Å². The molecule has 104 valence electrons. The van der Waals surface area contributed by atoms with Gasteiger partial charge in [0.1, 0.15) is 5.60 Å². The molecule has 1 N–H and O–H groups in total. The molecule has 2 atom stereocenters. The average Bonchev–Trinajstić information content (AvgIpc) is 2.47. The van der Waals surface area contributed by atoms with Crippen molar-refractivity contribution >= 4 is 0 Å². The van der Waals surface area contributed by atoms with Crippen molar-refractivity contribution in [1.82, 2.24) is 15.3 Å². The zero-order valence-electron chi connectivity index (χ0n) is 11.9. The van der Waals surface area contributed by atoms with Crippen LogP contribution in [0.1, 0.15) is 62.2 Å². The zero-order valence-corrected chi connectivity index (χ0v) is 11.9. The predicted octanol–water partition coefficient (Wildman–Crippen LogP) is 2.49. The Kier molecular flexibility index (Phi) is 3.54. The number of fused-ring (bicyclic) bond motifs is 1. The zero-order chi connectivity index (χ0) is 13.3. The number of hydrogen-bond acceptors (Lipinski definition) is 4. The van der Waals surface area contributed by atoms with E-state index in [0.29, 0.717) is 6.04 Å². The molecule has 0 spiro atoms. The summed E-state index contributed by atoms with van der Waals surface area (Å²) in [6.07, 6.45) is 8.85. The molecule has 4 nitrogen and oxygen atoms in total. The molecule has 2 heterocycles. The summed E-state index contributed by atoms with van der Waals surface area (Å²) in [4.78, 5) is 9.44. The molecule has 1 fully saturated rings. The Morgan fingerprint density at radius 1 is 1.37 bits per heavy atom. The van der Waals surface area contributed by atoms with Crippen molar-refractivity contribution in [2.75, 3.05) is 13.7 Å². The molecule has 1 aromatic rings. The molecule has 0 aromatic carbocycles. The number of aryl methyl sites for hydroxylation is 1. The van der Waals surface area contributed by atoms with Gasteiger partial charge in [-0.15, -0.1) is 0 Å². The Morgan fingerprint density at radius 3 is 3.00 bits per heavy atom. The van der Waals surface area contributed by atoms with Crippen molar-refractivity contribution in [3.63, 3.8) is 0 Å². The summed E-state index contributed by atoms with van der Waals surface area (Å²) in [5.74, 6) is 0.878. The molecule has 1 saturated heterocycles. The van der Waals surface area contributed by atoms with Crippen molar-refractivity contribution < 1.29 is 4.74 Å². The molecule has 19 heavy (non-hydrogen) atoms. The molecule has 0 saturated carbocycles. The van der Waals surface area contributed by atoms with Crippen LogP contribution >= 0.6 is 0 Å². The van der Waals surface area contributed by atoms with Crippen LogP contribution in [0.3, 0.4) is 0 Å². The Morgan fingerprint density at radius 2 is 2.26 bits per heavy atom. The van der Waals surface area contributed by atoms with Gasteiger partial charge < -0.3 is 10.1 Å². The highest BCUT2D eigenvalue weighted by atomic mass is 16.5. The first kappa shape index (κ1) is 13.0. The van der Waals surface area contributed by atoms with E-state index in [2.05, 4.69) is 17.2 Å². The van der Waals surface area contributed by atoms with Crippen molar-refractivity contribution in [3.8, 4) is 0 Å². The molecule has 4 heteroatoms. The second kappa shape index (κ2) is 5.17. The van der Waals surface area contributed by atoms with E-state index in [0.717, 1.165) is 31.7 Å². The molecule has 0 radical (unpaired) electrons. The van der Waals surface area contributed by atoms with Crippen molar-refractivity contribution in [2.24, 2.45) is 0 Å². The first-order chi connectivity index (χ1) is 9.23. The van der Waals surface area contributed by atoms with E-state index in [4.69, 9.17) is 9.72 Å². The largest absolute Gasteiger partial charge is 0.367 e. The van der Waals surface area contributed by atoms with E-state index in [1.165, 1.54) is 30.5 Å². The molecule has 0 amide bonds. The van der Waals surface area contributed by atoms with Gasteiger partial charge in [-0.05, 0) is 52.5 Å². The number of nitrogens with one attached hydrogen (secondary N) is 1. The molecule has 1 aromatic heterocycles. The van der Waals surface area contributed by atoms with Gasteiger partial charge in [0.2, 0.25) is 0 Å². The lowest BCUT2D eigenvalue weighted by atomic mass is 9.91. The van der Waals surface area contributed by atoms with E-state index in [1.54, 1.807) is 0 Å². The molecule has 3 rings (SSSR count). The quantitative estimate of drug-likeness (QED) is 0.888. The monoisotopic (exact) mass is 261 g/mol. The minimum Gasteiger partial charge on any atom is -0.367 e. The van der Waals surface area contributed by atoms with Gasteiger partial charge in [0.25, 0.3) is 0 Å². The van der Waals surface area contributed by atoms with Gasteiger partial charge in [-0.1, -0.05) is 0 Å². The van der Waals surface area contributed by atoms with Crippen molar-refractivity contribution in [3.05, 3.63) is 23.3 Å². The van der Waals surface area contributed by atoms with Crippen LogP contribution in [0.4, 0.5) is 0 Å². The third-order valence-electron chi connectivity index (χ3n) is 4.47. The summed E-state index contributed by atoms with van der Waals surface area (Å²) >= 11 is 0. The lowest BCUT2D eigenvalue weighted by Crippen LogP contribution is -2.33. The van der Waals surface area contributed by atoms with Crippen LogP contribution in [0, 0.1) is 0 Å². The highest BCUT2D eigenvalue weighted by Crippen LogP contribution is 2.34. The van der Waals surface area contributed by atoms with Crippen LogP contribution in [-0.2, 0) is 16.8 Å². The van der Waals surface area contributed by atoms with E-state index < -0.39 is 0 Å². The molecule has 1 aliphatic carbocycles. The van der Waals surface area contributed by atoms with Crippen LogP contribution in [0.5, 0.6) is 0 Å². The summed E-state index contributed by atoms with van der Waals surface area (Å²) in [7, 11) is 2.01. The van der Waals surface area contributed by atoms with E-state index in [-0.39, 0.29) is 5.60 Å². The maximum absolute atomic E-state index is 5.96. The molecule has 2 aliphatic rings. The van der Waals surface area contributed by atoms with Gasteiger partial charge >= 0.3 is 0 Å². The first-order valence-corrected chi connectivity index (χ1v) is 7.40. The van der Waals surface area contributed by atoms with Gasteiger partial charge in [-0.25, -0.2) is 9.97 Å². The third-order valence-corrected chi connectivity index (χ3v) is 4.47. The summed E-state index contributed by atoms with van der Waals surface area (Å²) < 4.78 is 5.96. The average molecular weight is 261 g/mol. The molecule has 1 aliphatic heterocycles. The molecular formula is C15H23N3O. The Hall–Kier alpha value is -1.00. The van der Waals surface area contributed by atoms with Gasteiger partial charge in [0, 0.05) is 30.1 Å². The highest BCUT2D eigenvalue weighted by molar-refractivity contribution is 5.25. The first-order valence-electron chi connectivity index (χ1n) is 7.40. The van der Waals surface area contributed by atoms with Gasteiger partial charge in [0.05, 0.1) is 0 Å². The summed E-state index contributed by atoms with van der Waals surface area (Å²) in [5, 5.41) is 3.36. The van der Waals surface area contributed by atoms with E-state index in [1.807, 2.05) is 13.2 Å². The normalized spacial score (nSPS) is 30.9. The molecule has 0 bridgehead atoms. The maximum atomic E-state index is 5.96. The van der Waals surface area contributed by atoms with Crippen LogP contribution in [0.25, 0.3) is 0 Å². The Labute approximate surface area is 115 Å². The van der Waals surface area contributed by atoms with Crippen molar-refractivity contribution in [2.45, 2.75) is 57.1 Å². The lowest BCUT2D eigenvalue weighted by Gasteiger charge is -2.33. The Balaban J connectivity index is 1.92. The SMILES string of the molecule is CNC1CCCc2nc(C3(C)CCCCO3)ncc21. The smallest absolute Gasteiger partial charge is 0.160 e.